The largest absolute Gasteiger partial charge is 0.464 e. The van der Waals surface area contributed by atoms with Crippen molar-refractivity contribution in [2.24, 2.45) is 0 Å². The maximum atomic E-state index is 14.8. The summed E-state index contributed by atoms with van der Waals surface area (Å²) in [6, 6.07) is 8.32. The Kier molecular flexibility index (Phi) is 6.28. The van der Waals surface area contributed by atoms with Crippen molar-refractivity contribution in [3.8, 4) is 5.75 Å². The van der Waals surface area contributed by atoms with Crippen molar-refractivity contribution in [3.05, 3.63) is 63.9 Å². The molecule has 2 aromatic rings. The molecule has 188 valence electrons. The number of carbonyl (C=O) groups excluding carboxylic acids is 3. The molecule has 7 nitrogen and oxygen atoms in total. The van der Waals surface area contributed by atoms with Crippen molar-refractivity contribution in [2.75, 3.05) is 10.7 Å². The van der Waals surface area contributed by atoms with E-state index in [1.807, 2.05) is 24.3 Å². The molecule has 0 spiro atoms. The smallest absolute Gasteiger partial charge is 0.302 e. The van der Waals surface area contributed by atoms with E-state index in [1.54, 1.807) is 11.0 Å². The summed E-state index contributed by atoms with van der Waals surface area (Å²) >= 11 is 2.51. The molecule has 10 heteroatoms. The van der Waals surface area contributed by atoms with E-state index < -0.39 is 23.3 Å². The molecule has 5 aliphatic rings. The van der Waals surface area contributed by atoms with Crippen LogP contribution in [-0.2, 0) is 31.1 Å². The molecule has 36 heavy (non-hydrogen) atoms. The van der Waals surface area contributed by atoms with Gasteiger partial charge in [-0.3, -0.25) is 19.3 Å². The van der Waals surface area contributed by atoms with Gasteiger partial charge in [0.1, 0.15) is 6.61 Å². The zero-order valence-electron chi connectivity index (χ0n) is 20.2. The number of nitrogens with one attached hydrogen (secondary N) is 1. The van der Waals surface area contributed by atoms with E-state index in [2.05, 4.69) is 26.1 Å². The summed E-state index contributed by atoms with van der Waals surface area (Å²) in [6.07, 6.45) is 1.82. The highest BCUT2D eigenvalue weighted by Gasteiger charge is 2.44. The Balaban J connectivity index is 1.68. The van der Waals surface area contributed by atoms with E-state index >= 15 is 0 Å². The van der Waals surface area contributed by atoms with Crippen molar-refractivity contribution in [2.45, 2.75) is 56.1 Å². The van der Waals surface area contributed by atoms with Crippen LogP contribution >= 0.6 is 23.5 Å². The first kappa shape index (κ1) is 24.7. The van der Waals surface area contributed by atoms with Crippen LogP contribution in [0.25, 0.3) is 0 Å². The first-order valence-corrected chi connectivity index (χ1v) is 13.3. The summed E-state index contributed by atoms with van der Waals surface area (Å²) in [5.74, 6) is -1.04. The minimum Gasteiger partial charge on any atom is -0.464 e. The van der Waals surface area contributed by atoms with E-state index in [4.69, 9.17) is 9.47 Å². The first-order valence-electron chi connectivity index (χ1n) is 11.4. The molecule has 0 radical (unpaired) electrons. The highest BCUT2D eigenvalue weighted by molar-refractivity contribution is 8.04. The van der Waals surface area contributed by atoms with E-state index in [9.17, 15) is 18.8 Å². The maximum absolute atomic E-state index is 14.8. The normalized spacial score (nSPS) is 20.4. The van der Waals surface area contributed by atoms with Gasteiger partial charge in [-0.05, 0) is 46.4 Å². The number of hydrogen-bond donors (Lipinski definition) is 1. The minimum absolute atomic E-state index is 0.0342. The number of ether oxygens (including phenoxy) is 2. The molecule has 2 unspecified atom stereocenters. The summed E-state index contributed by atoms with van der Waals surface area (Å²) in [4.78, 5) is 39.2. The monoisotopic (exact) mass is 528 g/mol. The zero-order valence-corrected chi connectivity index (χ0v) is 21.8. The molecule has 1 saturated heterocycles. The standard InChI is InChI=1S/C26H25FN2O5S2/c1-13(30)33-11-14-5-15(7-16(6-14)26(2,3)4)19(10-22-28-21(31)12-35-22)29-20-9-17-8-18(27)23(20)34-25(36-17)24(29)32/h5-10,19,25H,11-12H2,1-4H3,(H,28,31)/b22-10-. The van der Waals surface area contributed by atoms with E-state index in [-0.39, 0.29) is 35.3 Å². The number of thioether (sulfide) groups is 2. The lowest BCUT2D eigenvalue weighted by molar-refractivity contribution is -0.142. The fourth-order valence-electron chi connectivity index (χ4n) is 4.29. The summed E-state index contributed by atoms with van der Waals surface area (Å²) < 4.78 is 25.8. The van der Waals surface area contributed by atoms with Gasteiger partial charge < -0.3 is 14.8 Å². The van der Waals surface area contributed by atoms with Crippen LogP contribution in [0.5, 0.6) is 5.75 Å². The van der Waals surface area contributed by atoms with Crippen LogP contribution in [-0.4, -0.2) is 29.0 Å². The van der Waals surface area contributed by atoms with Gasteiger partial charge in [0.05, 0.1) is 22.5 Å². The summed E-state index contributed by atoms with van der Waals surface area (Å²) in [7, 11) is 0. The molecule has 2 atom stereocenters. The summed E-state index contributed by atoms with van der Waals surface area (Å²) in [5.41, 5.74) is 1.68. The Hall–Kier alpha value is -2.98. The molecule has 7 rings (SSSR count). The van der Waals surface area contributed by atoms with Crippen molar-refractivity contribution < 1.29 is 28.2 Å². The molecule has 0 aromatic heterocycles. The van der Waals surface area contributed by atoms with Crippen molar-refractivity contribution >= 4 is 47.0 Å². The van der Waals surface area contributed by atoms with Crippen molar-refractivity contribution in [3.63, 3.8) is 0 Å². The van der Waals surface area contributed by atoms with Crippen molar-refractivity contribution in [1.82, 2.24) is 5.32 Å². The second-order valence-electron chi connectivity index (χ2n) is 9.84. The molecule has 1 fully saturated rings. The number of anilines is 1. The average molecular weight is 529 g/mol. The van der Waals surface area contributed by atoms with Gasteiger partial charge in [0.25, 0.3) is 5.91 Å². The molecular weight excluding hydrogens is 503 g/mol. The second kappa shape index (κ2) is 9.15. The van der Waals surface area contributed by atoms with Crippen LogP contribution < -0.4 is 15.0 Å². The summed E-state index contributed by atoms with van der Waals surface area (Å²) in [6.45, 7) is 7.64. The van der Waals surface area contributed by atoms with E-state index in [1.165, 1.54) is 36.5 Å². The molecule has 5 heterocycles. The van der Waals surface area contributed by atoms with E-state index in [0.717, 1.165) is 16.7 Å². The number of carbonyl (C=O) groups is 3. The number of hydrogen-bond acceptors (Lipinski definition) is 7. The van der Waals surface area contributed by atoms with Gasteiger partial charge in [0, 0.05) is 11.8 Å². The molecule has 1 N–H and O–H groups in total. The van der Waals surface area contributed by atoms with Gasteiger partial charge >= 0.3 is 5.97 Å². The third-order valence-electron chi connectivity index (χ3n) is 6.04. The molecular formula is C26H25FN2O5S2. The van der Waals surface area contributed by atoms with Gasteiger partial charge in [-0.1, -0.05) is 56.4 Å². The topological polar surface area (TPSA) is 84.9 Å². The number of amides is 2. The molecule has 2 aromatic carbocycles. The zero-order chi connectivity index (χ0) is 25.8. The number of halogens is 1. The number of benzene rings is 2. The predicted octanol–water partition coefficient (Wildman–Crippen LogP) is 4.79. The lowest BCUT2D eigenvalue weighted by Crippen LogP contribution is -2.45. The fraction of sp³-hybridized carbons (Fsp3) is 0.346. The average Bonchev–Trinajstić information content (AvgIpc) is 2.97. The van der Waals surface area contributed by atoms with Crippen LogP contribution in [0.4, 0.5) is 10.1 Å². The van der Waals surface area contributed by atoms with Gasteiger partial charge in [-0.15, -0.1) is 0 Å². The van der Waals surface area contributed by atoms with Crippen LogP contribution in [0.1, 0.15) is 50.4 Å². The van der Waals surface area contributed by atoms with Crippen molar-refractivity contribution in [1.29, 1.82) is 0 Å². The van der Waals surface area contributed by atoms with Crippen LogP contribution in [0, 0.1) is 5.82 Å². The Labute approximate surface area is 216 Å². The fourth-order valence-corrected chi connectivity index (χ4v) is 6.02. The highest BCUT2D eigenvalue weighted by atomic mass is 32.2. The third-order valence-corrected chi connectivity index (χ3v) is 8.01. The SMILES string of the molecule is CC(=O)OCc1cc(C(/C=C2/NC(=O)CS2)N2C(=O)C3Oc4c(F)cc(cc42)S3)cc(C(C)(C)C)c1. The number of fused-ring (bicyclic) bond motifs is 2. The Morgan fingerprint density at radius 2 is 2.06 bits per heavy atom. The quantitative estimate of drug-likeness (QED) is 0.559. The van der Waals surface area contributed by atoms with Gasteiger partial charge in [0.2, 0.25) is 11.3 Å². The molecule has 5 aliphatic heterocycles. The predicted molar refractivity (Wildman–Crippen MR) is 136 cm³/mol. The van der Waals surface area contributed by atoms with Crippen LogP contribution in [0.15, 0.2) is 46.3 Å². The molecule has 0 aliphatic carbocycles. The van der Waals surface area contributed by atoms with E-state index in [0.29, 0.717) is 15.6 Å². The van der Waals surface area contributed by atoms with Crippen LogP contribution in [0.3, 0.4) is 0 Å². The number of rotatable bonds is 5. The van der Waals surface area contributed by atoms with Crippen LogP contribution in [0.2, 0.25) is 0 Å². The lowest BCUT2D eigenvalue weighted by Gasteiger charge is -2.36. The molecule has 0 saturated carbocycles. The molecule has 4 bridgehead atoms. The first-order chi connectivity index (χ1) is 17.0. The number of esters is 1. The molecule has 2 amide bonds. The van der Waals surface area contributed by atoms with Gasteiger partial charge in [-0.2, -0.15) is 0 Å². The Morgan fingerprint density at radius 1 is 1.28 bits per heavy atom. The maximum Gasteiger partial charge on any atom is 0.302 e. The second-order valence-corrected chi connectivity index (χ2v) is 12.0. The Bertz CT molecular complexity index is 1320. The number of nitrogens with zero attached hydrogens (tertiary/aromatic N) is 1. The van der Waals surface area contributed by atoms with Gasteiger partial charge in [0.15, 0.2) is 11.6 Å². The third kappa shape index (κ3) is 4.71. The summed E-state index contributed by atoms with van der Waals surface area (Å²) in [5, 5.41) is 3.45. The minimum atomic E-state index is -0.917. The Morgan fingerprint density at radius 3 is 2.72 bits per heavy atom. The lowest BCUT2D eigenvalue weighted by atomic mass is 9.84. The highest BCUT2D eigenvalue weighted by Crippen LogP contribution is 2.50. The van der Waals surface area contributed by atoms with Gasteiger partial charge in [-0.25, -0.2) is 4.39 Å².